The van der Waals surface area contributed by atoms with E-state index in [2.05, 4.69) is 45.2 Å². The minimum Gasteiger partial charge on any atom is -0.338 e. The lowest BCUT2D eigenvalue weighted by molar-refractivity contribution is 0.221. The first-order valence-corrected chi connectivity index (χ1v) is 8.15. The molecule has 2 heterocycles. The molecule has 22 heavy (non-hydrogen) atoms. The monoisotopic (exact) mass is 291 g/mol. The van der Waals surface area contributed by atoms with Crippen LogP contribution < -0.4 is 0 Å². The topological polar surface area (TPSA) is 31.9 Å². The van der Waals surface area contributed by atoms with Gasteiger partial charge in [0.25, 0.3) is 0 Å². The fraction of sp³-hybridized carbons (Fsp3) is 0.316. The third kappa shape index (κ3) is 2.77. The van der Waals surface area contributed by atoms with Crippen LogP contribution >= 0.6 is 0 Å². The van der Waals surface area contributed by atoms with Gasteiger partial charge in [0.1, 0.15) is 5.82 Å². The van der Waals surface area contributed by atoms with Crippen molar-refractivity contribution in [2.45, 2.75) is 25.8 Å². The summed E-state index contributed by atoms with van der Waals surface area (Å²) in [5, 5.41) is 0. The van der Waals surface area contributed by atoms with E-state index in [0.717, 1.165) is 29.0 Å². The van der Waals surface area contributed by atoms with Crippen molar-refractivity contribution in [3.63, 3.8) is 0 Å². The molecule has 0 aliphatic carbocycles. The number of aromatic nitrogens is 2. The molecule has 0 unspecified atom stereocenters. The Morgan fingerprint density at radius 3 is 2.45 bits per heavy atom. The number of benzene rings is 2. The SMILES string of the molecule is c1ccc2[nH]c(-c3ccc(CN4CCCCC4)cc3)nc2c1. The van der Waals surface area contributed by atoms with E-state index in [1.54, 1.807) is 0 Å². The van der Waals surface area contributed by atoms with Gasteiger partial charge in [0.15, 0.2) is 0 Å². The molecule has 3 aromatic rings. The van der Waals surface area contributed by atoms with Crippen LogP contribution in [0.25, 0.3) is 22.4 Å². The van der Waals surface area contributed by atoms with Crippen LogP contribution in [0.2, 0.25) is 0 Å². The Kier molecular flexibility index (Phi) is 3.65. The smallest absolute Gasteiger partial charge is 0.138 e. The molecule has 0 spiro atoms. The van der Waals surface area contributed by atoms with Crippen LogP contribution in [0.3, 0.4) is 0 Å². The van der Waals surface area contributed by atoms with Crippen LogP contribution in [-0.4, -0.2) is 28.0 Å². The number of hydrogen-bond donors (Lipinski definition) is 1. The quantitative estimate of drug-likeness (QED) is 0.783. The van der Waals surface area contributed by atoms with Gasteiger partial charge in [0, 0.05) is 12.1 Å². The van der Waals surface area contributed by atoms with Crippen molar-refractivity contribution in [1.29, 1.82) is 0 Å². The first-order chi connectivity index (χ1) is 10.9. The number of para-hydroxylation sites is 2. The summed E-state index contributed by atoms with van der Waals surface area (Å²) in [6, 6.07) is 17.0. The lowest BCUT2D eigenvalue weighted by Gasteiger charge is -2.26. The van der Waals surface area contributed by atoms with Crippen molar-refractivity contribution in [3.05, 3.63) is 54.1 Å². The maximum absolute atomic E-state index is 4.66. The molecule has 1 saturated heterocycles. The fourth-order valence-corrected chi connectivity index (χ4v) is 3.23. The van der Waals surface area contributed by atoms with Gasteiger partial charge in [-0.1, -0.05) is 42.8 Å². The highest BCUT2D eigenvalue weighted by molar-refractivity contribution is 5.79. The molecule has 1 aliphatic heterocycles. The van der Waals surface area contributed by atoms with E-state index < -0.39 is 0 Å². The molecule has 3 heteroatoms. The standard InChI is InChI=1S/C19H21N3/c1-4-12-22(13-5-1)14-15-8-10-16(11-9-15)19-20-17-6-2-3-7-18(17)21-19/h2-3,6-11H,1,4-5,12-14H2,(H,20,21). The number of rotatable bonds is 3. The zero-order valence-corrected chi connectivity index (χ0v) is 12.8. The Morgan fingerprint density at radius 2 is 1.68 bits per heavy atom. The molecule has 1 aromatic heterocycles. The third-order valence-corrected chi connectivity index (χ3v) is 4.47. The molecule has 112 valence electrons. The van der Waals surface area contributed by atoms with Crippen LogP contribution in [0.1, 0.15) is 24.8 Å². The predicted octanol–water partition coefficient (Wildman–Crippen LogP) is 4.22. The maximum Gasteiger partial charge on any atom is 0.138 e. The van der Waals surface area contributed by atoms with Gasteiger partial charge < -0.3 is 4.98 Å². The van der Waals surface area contributed by atoms with Crippen LogP contribution in [0, 0.1) is 0 Å². The average molecular weight is 291 g/mol. The molecule has 0 bridgehead atoms. The van der Waals surface area contributed by atoms with Gasteiger partial charge in [-0.05, 0) is 43.6 Å². The molecule has 3 nitrogen and oxygen atoms in total. The van der Waals surface area contributed by atoms with Crippen molar-refractivity contribution in [2.24, 2.45) is 0 Å². The second-order valence-corrected chi connectivity index (χ2v) is 6.14. The zero-order valence-electron chi connectivity index (χ0n) is 12.8. The molecule has 0 atom stereocenters. The molecular weight excluding hydrogens is 270 g/mol. The summed E-state index contributed by atoms with van der Waals surface area (Å²) in [4.78, 5) is 10.6. The number of nitrogens with one attached hydrogen (secondary N) is 1. The lowest BCUT2D eigenvalue weighted by Crippen LogP contribution is -2.28. The highest BCUT2D eigenvalue weighted by Crippen LogP contribution is 2.21. The number of likely N-dealkylation sites (tertiary alicyclic amines) is 1. The van der Waals surface area contributed by atoms with Crippen LogP contribution in [-0.2, 0) is 6.54 Å². The fourth-order valence-electron chi connectivity index (χ4n) is 3.23. The number of imidazole rings is 1. The molecular formula is C19H21N3. The minimum absolute atomic E-state index is 0.950. The van der Waals surface area contributed by atoms with E-state index in [4.69, 9.17) is 0 Å². The van der Waals surface area contributed by atoms with Gasteiger partial charge in [-0.25, -0.2) is 4.98 Å². The van der Waals surface area contributed by atoms with Crippen molar-refractivity contribution in [1.82, 2.24) is 14.9 Å². The van der Waals surface area contributed by atoms with Crippen LogP contribution in [0.5, 0.6) is 0 Å². The van der Waals surface area contributed by atoms with Crippen molar-refractivity contribution in [2.75, 3.05) is 13.1 Å². The Labute approximate surface area is 131 Å². The van der Waals surface area contributed by atoms with E-state index in [-0.39, 0.29) is 0 Å². The Balaban J connectivity index is 1.53. The number of hydrogen-bond acceptors (Lipinski definition) is 2. The molecule has 1 aliphatic rings. The van der Waals surface area contributed by atoms with Crippen LogP contribution in [0.4, 0.5) is 0 Å². The zero-order chi connectivity index (χ0) is 14.8. The van der Waals surface area contributed by atoms with Crippen LogP contribution in [0.15, 0.2) is 48.5 Å². The third-order valence-electron chi connectivity index (χ3n) is 4.47. The molecule has 1 fully saturated rings. The highest BCUT2D eigenvalue weighted by atomic mass is 15.1. The minimum atomic E-state index is 0.950. The van der Waals surface area contributed by atoms with E-state index >= 15 is 0 Å². The first kappa shape index (κ1) is 13.5. The normalized spacial score (nSPS) is 16.2. The number of H-pyrrole nitrogens is 1. The molecule has 2 aromatic carbocycles. The van der Waals surface area contributed by atoms with E-state index in [9.17, 15) is 0 Å². The lowest BCUT2D eigenvalue weighted by atomic mass is 10.1. The molecule has 1 N–H and O–H groups in total. The molecule has 0 saturated carbocycles. The van der Waals surface area contributed by atoms with E-state index in [1.165, 1.54) is 37.9 Å². The van der Waals surface area contributed by atoms with Gasteiger partial charge in [-0.15, -0.1) is 0 Å². The van der Waals surface area contributed by atoms with Crippen molar-refractivity contribution < 1.29 is 0 Å². The summed E-state index contributed by atoms with van der Waals surface area (Å²) in [7, 11) is 0. The van der Waals surface area contributed by atoms with Gasteiger partial charge in [-0.2, -0.15) is 0 Å². The summed E-state index contributed by atoms with van der Waals surface area (Å²) in [6.07, 6.45) is 4.08. The Morgan fingerprint density at radius 1 is 0.909 bits per heavy atom. The van der Waals surface area contributed by atoms with Gasteiger partial charge in [-0.3, -0.25) is 4.90 Å². The number of fused-ring (bicyclic) bond motifs is 1. The van der Waals surface area contributed by atoms with Gasteiger partial charge in [0.05, 0.1) is 11.0 Å². The predicted molar refractivity (Wildman–Crippen MR) is 90.7 cm³/mol. The van der Waals surface area contributed by atoms with Crippen molar-refractivity contribution >= 4 is 11.0 Å². The second kappa shape index (κ2) is 5.93. The molecule has 4 rings (SSSR count). The highest BCUT2D eigenvalue weighted by Gasteiger charge is 2.10. The maximum atomic E-state index is 4.66. The Bertz CT molecular complexity index is 719. The largest absolute Gasteiger partial charge is 0.338 e. The summed E-state index contributed by atoms with van der Waals surface area (Å²) < 4.78 is 0. The molecule has 0 radical (unpaired) electrons. The van der Waals surface area contributed by atoms with Gasteiger partial charge in [0.2, 0.25) is 0 Å². The first-order valence-electron chi connectivity index (χ1n) is 8.15. The summed E-state index contributed by atoms with van der Waals surface area (Å²) in [6.45, 7) is 3.55. The number of piperidine rings is 1. The van der Waals surface area contributed by atoms with E-state index in [0.29, 0.717) is 0 Å². The average Bonchev–Trinajstić information content (AvgIpc) is 3.00. The molecule has 0 amide bonds. The summed E-state index contributed by atoms with van der Waals surface area (Å²) in [5.41, 5.74) is 4.66. The number of aromatic amines is 1. The second-order valence-electron chi connectivity index (χ2n) is 6.14. The summed E-state index contributed by atoms with van der Waals surface area (Å²) in [5.74, 6) is 0.950. The summed E-state index contributed by atoms with van der Waals surface area (Å²) >= 11 is 0. The van der Waals surface area contributed by atoms with Crippen molar-refractivity contribution in [3.8, 4) is 11.4 Å². The van der Waals surface area contributed by atoms with E-state index in [1.807, 2.05) is 18.2 Å². The Hall–Kier alpha value is -2.13. The number of nitrogens with zero attached hydrogens (tertiary/aromatic N) is 2. The van der Waals surface area contributed by atoms with Gasteiger partial charge >= 0.3 is 0 Å².